The number of imidazole rings is 1. The van der Waals surface area contributed by atoms with Crippen LogP contribution in [-0.4, -0.2) is 19.9 Å². The number of aromatic nitrogens is 4. The van der Waals surface area contributed by atoms with Crippen molar-refractivity contribution in [1.82, 2.24) is 19.9 Å². The molecule has 6 nitrogen and oxygen atoms in total. The number of nitrogens with one attached hydrogen (secondary N) is 3. The molecule has 0 atom stereocenters. The average molecular weight is 365 g/mol. The fourth-order valence-corrected chi connectivity index (χ4v) is 2.86. The van der Waals surface area contributed by atoms with Crippen LogP contribution < -0.4 is 10.6 Å². The van der Waals surface area contributed by atoms with Crippen molar-refractivity contribution in [1.29, 1.82) is 0 Å². The second-order valence-electron chi connectivity index (χ2n) is 5.82. The molecule has 4 aromatic rings. The van der Waals surface area contributed by atoms with E-state index in [2.05, 4.69) is 42.7 Å². The lowest BCUT2D eigenvalue weighted by Crippen LogP contribution is -2.08. The third-order valence-electron chi connectivity index (χ3n) is 3.93. The smallest absolute Gasteiger partial charge is 0.227 e. The second kappa shape index (κ2) is 7.41. The first-order chi connectivity index (χ1) is 12.8. The summed E-state index contributed by atoms with van der Waals surface area (Å²) in [5.41, 5.74) is 3.63. The Morgan fingerprint density at radius 1 is 0.885 bits per heavy atom. The number of benzene rings is 2. The minimum Gasteiger partial charge on any atom is -0.364 e. The van der Waals surface area contributed by atoms with Gasteiger partial charge in [-0.05, 0) is 23.3 Å². The second-order valence-corrected chi connectivity index (χ2v) is 6.26. The molecule has 2 aromatic carbocycles. The van der Waals surface area contributed by atoms with E-state index in [1.165, 1.54) is 5.56 Å². The number of halogens is 1. The molecule has 0 aliphatic heterocycles. The van der Waals surface area contributed by atoms with Gasteiger partial charge in [0.25, 0.3) is 0 Å². The Kier molecular flexibility index (Phi) is 4.66. The lowest BCUT2D eigenvalue weighted by atomic mass is 10.2. The number of anilines is 2. The van der Waals surface area contributed by atoms with E-state index in [4.69, 9.17) is 11.6 Å². The first-order valence-electron chi connectivity index (χ1n) is 8.25. The summed E-state index contributed by atoms with van der Waals surface area (Å²) in [5, 5.41) is 7.29. The van der Waals surface area contributed by atoms with Gasteiger partial charge in [-0.3, -0.25) is 0 Å². The maximum Gasteiger partial charge on any atom is 0.227 e. The first-order valence-corrected chi connectivity index (χ1v) is 8.63. The van der Waals surface area contributed by atoms with E-state index in [1.807, 2.05) is 42.5 Å². The largest absolute Gasteiger partial charge is 0.364 e. The van der Waals surface area contributed by atoms with Crippen molar-refractivity contribution in [2.24, 2.45) is 0 Å². The van der Waals surface area contributed by atoms with Crippen LogP contribution in [0.4, 0.5) is 11.8 Å². The summed E-state index contributed by atoms with van der Waals surface area (Å²) < 4.78 is 0. The van der Waals surface area contributed by atoms with E-state index >= 15 is 0 Å². The molecule has 3 N–H and O–H groups in total. The zero-order chi connectivity index (χ0) is 17.8. The monoisotopic (exact) mass is 364 g/mol. The molecule has 2 heterocycles. The third-order valence-corrected chi connectivity index (χ3v) is 4.16. The van der Waals surface area contributed by atoms with E-state index in [1.54, 1.807) is 6.33 Å². The lowest BCUT2D eigenvalue weighted by Gasteiger charge is -2.10. The van der Waals surface area contributed by atoms with Crippen LogP contribution in [0.3, 0.4) is 0 Å². The van der Waals surface area contributed by atoms with Gasteiger partial charge in [0.15, 0.2) is 11.5 Å². The van der Waals surface area contributed by atoms with Crippen LogP contribution in [0.15, 0.2) is 60.9 Å². The minimum absolute atomic E-state index is 0.514. The molecule has 0 unspecified atom stereocenters. The van der Waals surface area contributed by atoms with Crippen molar-refractivity contribution in [2.45, 2.75) is 13.1 Å². The molecule has 26 heavy (non-hydrogen) atoms. The summed E-state index contributed by atoms with van der Waals surface area (Å²) in [6, 6.07) is 17.8. The summed E-state index contributed by atoms with van der Waals surface area (Å²) in [5.74, 6) is 1.23. The number of rotatable bonds is 6. The molecule has 0 aliphatic carbocycles. The average Bonchev–Trinajstić information content (AvgIpc) is 3.14. The van der Waals surface area contributed by atoms with Crippen LogP contribution in [0.5, 0.6) is 0 Å². The van der Waals surface area contributed by atoms with Crippen LogP contribution in [0.1, 0.15) is 11.1 Å². The number of hydrogen-bond acceptors (Lipinski definition) is 5. The molecular weight excluding hydrogens is 348 g/mol. The molecular formula is C19H17ClN6. The predicted molar refractivity (Wildman–Crippen MR) is 104 cm³/mol. The van der Waals surface area contributed by atoms with Crippen molar-refractivity contribution < 1.29 is 0 Å². The van der Waals surface area contributed by atoms with Gasteiger partial charge in [-0.25, -0.2) is 4.98 Å². The fourth-order valence-electron chi connectivity index (χ4n) is 2.65. The number of fused-ring (bicyclic) bond motifs is 1. The number of H-pyrrole nitrogens is 1. The molecule has 0 amide bonds. The Balaban J connectivity index is 1.54. The summed E-state index contributed by atoms with van der Waals surface area (Å²) in [4.78, 5) is 16.4. The summed E-state index contributed by atoms with van der Waals surface area (Å²) in [6.07, 6.45) is 1.62. The Morgan fingerprint density at radius 3 is 2.54 bits per heavy atom. The molecule has 0 spiro atoms. The van der Waals surface area contributed by atoms with Gasteiger partial charge in [0, 0.05) is 18.1 Å². The first kappa shape index (κ1) is 16.4. The van der Waals surface area contributed by atoms with Crippen molar-refractivity contribution in [2.75, 3.05) is 10.6 Å². The van der Waals surface area contributed by atoms with Gasteiger partial charge >= 0.3 is 0 Å². The zero-order valence-corrected chi connectivity index (χ0v) is 14.7. The van der Waals surface area contributed by atoms with Gasteiger partial charge in [-0.2, -0.15) is 9.97 Å². The molecule has 0 fully saturated rings. The summed E-state index contributed by atoms with van der Waals surface area (Å²) >= 11 is 6.03. The highest BCUT2D eigenvalue weighted by molar-refractivity contribution is 6.30. The molecule has 130 valence electrons. The number of nitrogens with zero attached hydrogens (tertiary/aromatic N) is 3. The number of aromatic amines is 1. The number of hydrogen-bond donors (Lipinski definition) is 3. The Hall–Kier alpha value is -3.12. The molecule has 7 heteroatoms. The Labute approximate surface area is 155 Å². The van der Waals surface area contributed by atoms with Crippen molar-refractivity contribution in [3.8, 4) is 0 Å². The van der Waals surface area contributed by atoms with Gasteiger partial charge in [-0.15, -0.1) is 0 Å². The van der Waals surface area contributed by atoms with Crippen LogP contribution >= 0.6 is 11.6 Å². The summed E-state index contributed by atoms with van der Waals surface area (Å²) in [7, 11) is 0. The molecule has 0 bridgehead atoms. The molecule has 0 radical (unpaired) electrons. The normalized spacial score (nSPS) is 10.8. The van der Waals surface area contributed by atoms with Gasteiger partial charge in [0.2, 0.25) is 5.95 Å². The Bertz CT molecular complexity index is 1010. The zero-order valence-electron chi connectivity index (χ0n) is 13.9. The van der Waals surface area contributed by atoms with Crippen molar-refractivity contribution in [3.05, 3.63) is 77.1 Å². The van der Waals surface area contributed by atoms with E-state index in [0.29, 0.717) is 35.5 Å². The lowest BCUT2D eigenvalue weighted by molar-refractivity contribution is 1.05. The highest BCUT2D eigenvalue weighted by Gasteiger charge is 2.10. The highest BCUT2D eigenvalue weighted by Crippen LogP contribution is 2.20. The van der Waals surface area contributed by atoms with Crippen LogP contribution in [-0.2, 0) is 13.1 Å². The molecule has 0 saturated heterocycles. The predicted octanol–water partition coefficient (Wildman–Crippen LogP) is 4.23. The van der Waals surface area contributed by atoms with E-state index in [-0.39, 0.29) is 0 Å². The maximum absolute atomic E-state index is 6.03. The van der Waals surface area contributed by atoms with Gasteiger partial charge < -0.3 is 15.6 Å². The molecule has 4 rings (SSSR count). The van der Waals surface area contributed by atoms with Gasteiger partial charge in [-0.1, -0.05) is 54.1 Å². The topological polar surface area (TPSA) is 78.5 Å². The SMILES string of the molecule is Clc1cccc(CNc2nc(NCc3ccccc3)c3[nH]cnc3n2)c1. The maximum atomic E-state index is 6.03. The Morgan fingerprint density at radius 2 is 1.69 bits per heavy atom. The van der Waals surface area contributed by atoms with E-state index < -0.39 is 0 Å². The van der Waals surface area contributed by atoms with Crippen molar-refractivity contribution in [3.63, 3.8) is 0 Å². The van der Waals surface area contributed by atoms with Crippen LogP contribution in [0.25, 0.3) is 11.2 Å². The quantitative estimate of drug-likeness (QED) is 0.477. The summed E-state index contributed by atoms with van der Waals surface area (Å²) in [6.45, 7) is 1.24. The van der Waals surface area contributed by atoms with E-state index in [9.17, 15) is 0 Å². The molecule has 0 saturated carbocycles. The van der Waals surface area contributed by atoms with Crippen molar-refractivity contribution >= 4 is 34.5 Å². The standard InChI is InChI=1S/C19H17ClN6/c20-15-8-4-7-14(9-15)11-22-19-25-17(16-18(26-19)24-12-23-16)21-10-13-5-2-1-3-6-13/h1-9,12H,10-11H2,(H3,21,22,23,24,25,26). The molecule has 0 aliphatic rings. The van der Waals surface area contributed by atoms with Gasteiger partial charge in [0.1, 0.15) is 5.52 Å². The molecule has 2 aromatic heterocycles. The minimum atomic E-state index is 0.514. The highest BCUT2D eigenvalue weighted by atomic mass is 35.5. The van der Waals surface area contributed by atoms with Crippen LogP contribution in [0, 0.1) is 0 Å². The van der Waals surface area contributed by atoms with E-state index in [0.717, 1.165) is 11.1 Å². The third kappa shape index (κ3) is 3.75. The fraction of sp³-hybridized carbons (Fsp3) is 0.105. The van der Waals surface area contributed by atoms with Crippen LogP contribution in [0.2, 0.25) is 5.02 Å². The van der Waals surface area contributed by atoms with Gasteiger partial charge in [0.05, 0.1) is 6.33 Å².